The Balaban J connectivity index is 1.53. The first-order valence-corrected chi connectivity index (χ1v) is 9.97. The lowest BCUT2D eigenvalue weighted by atomic mass is 10.1. The van der Waals surface area contributed by atoms with Crippen molar-refractivity contribution < 1.29 is 14.3 Å². The molecule has 0 bridgehead atoms. The molecule has 4 aromatic rings. The number of aryl methyl sites for hydroxylation is 3. The molecule has 3 N–H and O–H groups in total. The molecule has 1 amide bonds. The number of hydrogen-bond acceptors (Lipinski definition) is 8. The van der Waals surface area contributed by atoms with Crippen LogP contribution in [0.15, 0.2) is 53.4 Å². The average Bonchev–Trinajstić information content (AvgIpc) is 3.43. The number of rotatable bonds is 7. The van der Waals surface area contributed by atoms with Crippen molar-refractivity contribution in [2.75, 3.05) is 11.9 Å². The summed E-state index contributed by atoms with van der Waals surface area (Å²) in [4.78, 5) is 25.8. The molecular weight excluding hydrogens is 410 g/mol. The van der Waals surface area contributed by atoms with Crippen LogP contribution < -0.4 is 10.6 Å². The monoisotopic (exact) mass is 433 g/mol. The van der Waals surface area contributed by atoms with E-state index in [0.29, 0.717) is 17.3 Å². The van der Waals surface area contributed by atoms with Gasteiger partial charge in [-0.05, 0) is 25.0 Å². The van der Waals surface area contributed by atoms with E-state index in [1.807, 2.05) is 38.1 Å². The summed E-state index contributed by atoms with van der Waals surface area (Å²) in [5.74, 6) is 0.441. The fraction of sp³-hybridized carbons (Fsp3) is 0.227. The lowest BCUT2D eigenvalue weighted by molar-refractivity contribution is 0.0881. The summed E-state index contributed by atoms with van der Waals surface area (Å²) in [5, 5.41) is 19.7. The minimum absolute atomic E-state index is 0.120. The fourth-order valence-corrected chi connectivity index (χ4v) is 3.20. The van der Waals surface area contributed by atoms with Crippen molar-refractivity contribution in [3.8, 4) is 11.4 Å². The van der Waals surface area contributed by atoms with Crippen molar-refractivity contribution in [3.05, 3.63) is 71.6 Å². The van der Waals surface area contributed by atoms with E-state index in [0.717, 1.165) is 22.5 Å². The molecule has 0 radical (unpaired) electrons. The number of carbonyl (C=O) groups excluding carboxylic acids is 1. The number of nitrogens with zero attached hydrogens (tertiary/aromatic N) is 5. The van der Waals surface area contributed by atoms with Gasteiger partial charge in [0, 0.05) is 19.3 Å². The smallest absolute Gasteiger partial charge is 0.307 e. The zero-order valence-electron chi connectivity index (χ0n) is 17.9. The number of aliphatic hydroxyl groups is 1. The Hall–Kier alpha value is -4.05. The molecule has 0 fully saturated rings. The molecule has 1 atom stereocenters. The Morgan fingerprint density at radius 3 is 2.81 bits per heavy atom. The summed E-state index contributed by atoms with van der Waals surface area (Å²) in [6, 6.07) is 8.79. The van der Waals surface area contributed by atoms with Crippen LogP contribution in [0.3, 0.4) is 0 Å². The van der Waals surface area contributed by atoms with Gasteiger partial charge in [-0.25, -0.2) is 15.0 Å². The molecule has 0 saturated heterocycles. The van der Waals surface area contributed by atoms with Crippen LogP contribution in [-0.4, -0.2) is 42.4 Å². The lowest BCUT2D eigenvalue weighted by Gasteiger charge is -2.16. The Bertz CT molecular complexity index is 1250. The molecule has 4 rings (SSSR count). The highest BCUT2D eigenvalue weighted by Gasteiger charge is 2.21. The zero-order chi connectivity index (χ0) is 22.7. The number of benzene rings is 1. The summed E-state index contributed by atoms with van der Waals surface area (Å²) in [5.41, 5.74) is 3.53. The third-order valence-corrected chi connectivity index (χ3v) is 4.91. The minimum atomic E-state index is -0.576. The van der Waals surface area contributed by atoms with Crippen LogP contribution in [0.5, 0.6) is 0 Å². The highest BCUT2D eigenvalue weighted by Crippen LogP contribution is 2.23. The van der Waals surface area contributed by atoms with Crippen LogP contribution in [0.2, 0.25) is 0 Å². The summed E-state index contributed by atoms with van der Waals surface area (Å²) in [6.07, 6.45) is 4.70. The van der Waals surface area contributed by atoms with Crippen molar-refractivity contribution in [1.29, 1.82) is 0 Å². The predicted molar refractivity (Wildman–Crippen MR) is 117 cm³/mol. The molecule has 0 spiro atoms. The Kier molecular flexibility index (Phi) is 5.95. The van der Waals surface area contributed by atoms with Gasteiger partial charge in [-0.2, -0.15) is 5.10 Å². The zero-order valence-corrected chi connectivity index (χ0v) is 17.9. The number of nitrogens with one attached hydrogen (secondary N) is 2. The molecule has 10 nitrogen and oxygen atoms in total. The molecule has 1 aromatic carbocycles. The van der Waals surface area contributed by atoms with Crippen LogP contribution >= 0.6 is 0 Å². The van der Waals surface area contributed by atoms with Crippen LogP contribution in [0.1, 0.15) is 33.4 Å². The highest BCUT2D eigenvalue weighted by molar-refractivity contribution is 5.90. The Morgan fingerprint density at radius 1 is 1.25 bits per heavy atom. The van der Waals surface area contributed by atoms with Crippen molar-refractivity contribution in [1.82, 2.24) is 30.0 Å². The van der Waals surface area contributed by atoms with E-state index in [-0.39, 0.29) is 12.5 Å². The number of carbonyl (C=O) groups is 1. The molecule has 3 aromatic heterocycles. The standard InChI is InChI=1S/C22H23N7O3/c1-13-5-4-6-15(9-13)16(11-30)25-20(31)21-26-17(12-32-21)19-14(2)10-23-22(28-19)27-18-7-8-24-29(18)3/h4-10,12,16,30H,11H2,1-3H3,(H,25,31)(H,23,27,28)/t16-/m1/s1. The molecule has 0 aliphatic rings. The van der Waals surface area contributed by atoms with E-state index in [4.69, 9.17) is 4.42 Å². The predicted octanol–water partition coefficient (Wildman–Crippen LogP) is 2.69. The van der Waals surface area contributed by atoms with Crippen LogP contribution in [0.25, 0.3) is 11.4 Å². The van der Waals surface area contributed by atoms with Gasteiger partial charge in [-0.3, -0.25) is 9.48 Å². The molecule has 0 saturated carbocycles. The quantitative estimate of drug-likeness (QED) is 0.405. The number of aromatic nitrogens is 5. The fourth-order valence-electron chi connectivity index (χ4n) is 3.20. The van der Waals surface area contributed by atoms with Gasteiger partial charge >= 0.3 is 5.91 Å². The SMILES string of the molecule is Cc1cccc([C@@H](CO)NC(=O)c2nc(-c3nc(Nc4ccnn4C)ncc3C)co2)c1. The summed E-state index contributed by atoms with van der Waals surface area (Å²) in [7, 11) is 1.80. The molecule has 0 unspecified atom stereocenters. The molecule has 0 aliphatic heterocycles. The van der Waals surface area contributed by atoms with E-state index in [1.165, 1.54) is 6.26 Å². The van der Waals surface area contributed by atoms with E-state index in [2.05, 4.69) is 30.7 Å². The molecule has 3 heterocycles. The second-order valence-corrected chi connectivity index (χ2v) is 7.35. The Labute approximate surface area is 184 Å². The van der Waals surface area contributed by atoms with E-state index in [1.54, 1.807) is 30.2 Å². The van der Waals surface area contributed by atoms with E-state index >= 15 is 0 Å². The first kappa shape index (κ1) is 21.2. The Morgan fingerprint density at radius 2 is 2.09 bits per heavy atom. The van der Waals surface area contributed by atoms with Gasteiger partial charge in [0.15, 0.2) is 0 Å². The van der Waals surface area contributed by atoms with Gasteiger partial charge in [0.05, 0.1) is 18.8 Å². The van der Waals surface area contributed by atoms with Gasteiger partial charge < -0.3 is 20.2 Å². The topological polar surface area (TPSA) is 131 Å². The molecular formula is C22H23N7O3. The largest absolute Gasteiger partial charge is 0.440 e. The maximum atomic E-state index is 12.7. The number of aliphatic hydroxyl groups excluding tert-OH is 1. The van der Waals surface area contributed by atoms with Gasteiger partial charge in [0.1, 0.15) is 23.5 Å². The van der Waals surface area contributed by atoms with Crippen molar-refractivity contribution in [3.63, 3.8) is 0 Å². The number of amides is 1. The van der Waals surface area contributed by atoms with Gasteiger partial charge in [0.2, 0.25) is 5.95 Å². The number of hydrogen-bond donors (Lipinski definition) is 3. The maximum absolute atomic E-state index is 12.7. The second kappa shape index (κ2) is 8.98. The summed E-state index contributed by atoms with van der Waals surface area (Å²) in [6.45, 7) is 3.54. The van der Waals surface area contributed by atoms with Gasteiger partial charge in [-0.15, -0.1) is 0 Å². The minimum Gasteiger partial charge on any atom is -0.440 e. The average molecular weight is 433 g/mol. The van der Waals surface area contributed by atoms with Crippen LogP contribution in [-0.2, 0) is 7.05 Å². The third-order valence-electron chi connectivity index (χ3n) is 4.91. The highest BCUT2D eigenvalue weighted by atomic mass is 16.4. The first-order chi connectivity index (χ1) is 15.4. The normalized spacial score (nSPS) is 11.9. The van der Waals surface area contributed by atoms with E-state index in [9.17, 15) is 9.90 Å². The first-order valence-electron chi connectivity index (χ1n) is 9.97. The molecule has 10 heteroatoms. The maximum Gasteiger partial charge on any atom is 0.307 e. The molecule has 0 aliphatic carbocycles. The summed E-state index contributed by atoms with van der Waals surface area (Å²) >= 11 is 0. The van der Waals surface area contributed by atoms with E-state index < -0.39 is 11.9 Å². The molecule has 164 valence electrons. The molecule has 32 heavy (non-hydrogen) atoms. The van der Waals surface area contributed by atoms with Crippen LogP contribution in [0, 0.1) is 13.8 Å². The summed E-state index contributed by atoms with van der Waals surface area (Å²) < 4.78 is 7.07. The second-order valence-electron chi connectivity index (χ2n) is 7.35. The number of anilines is 2. The van der Waals surface area contributed by atoms with Crippen molar-refractivity contribution >= 4 is 17.7 Å². The van der Waals surface area contributed by atoms with Crippen LogP contribution in [0.4, 0.5) is 11.8 Å². The van der Waals surface area contributed by atoms with Gasteiger partial charge in [0.25, 0.3) is 5.89 Å². The van der Waals surface area contributed by atoms with Crippen molar-refractivity contribution in [2.45, 2.75) is 19.9 Å². The van der Waals surface area contributed by atoms with Gasteiger partial charge in [-0.1, -0.05) is 29.8 Å². The van der Waals surface area contributed by atoms with Crippen molar-refractivity contribution in [2.24, 2.45) is 7.05 Å². The third kappa shape index (κ3) is 4.49. The lowest BCUT2D eigenvalue weighted by Crippen LogP contribution is -2.31. The number of oxazole rings is 1.